The van der Waals surface area contributed by atoms with E-state index < -0.39 is 0 Å². The van der Waals surface area contributed by atoms with E-state index in [0.717, 1.165) is 0 Å². The Morgan fingerprint density at radius 1 is 1.17 bits per heavy atom. The molecule has 0 amide bonds. The van der Waals surface area contributed by atoms with Gasteiger partial charge < -0.3 is 2.85 Å². The summed E-state index contributed by atoms with van der Waals surface area (Å²) in [6.07, 6.45) is 0. The van der Waals surface area contributed by atoms with Gasteiger partial charge in [0.15, 0.2) is 17.4 Å². The van der Waals surface area contributed by atoms with Crippen LogP contribution in [0.4, 0.5) is 0 Å². The van der Waals surface area contributed by atoms with Crippen LogP contribution in [-0.4, -0.2) is 64.3 Å². The van der Waals surface area contributed by atoms with Crippen molar-refractivity contribution in [3.63, 3.8) is 0 Å². The first-order valence-electron chi connectivity index (χ1n) is 0. The van der Waals surface area contributed by atoms with Gasteiger partial charge in [0.1, 0.15) is 0 Å². The zero-order valence-electron chi connectivity index (χ0n) is 5.08. The molecule has 6 heavy (non-hydrogen) atoms. The Morgan fingerprint density at radius 2 is 1.17 bits per heavy atom. The average Bonchev–Trinajstić information content (AvgIpc) is 0. The largest absolute Gasteiger partial charge is 0 e. The van der Waals surface area contributed by atoms with Crippen molar-refractivity contribution in [3.05, 3.63) is 0 Å². The summed E-state index contributed by atoms with van der Waals surface area (Å²) in [5.74, 6) is 0. The predicted octanol–water partition coefficient (Wildman–Crippen LogP) is -2.26. The van der Waals surface area contributed by atoms with Crippen LogP contribution in [0.3, 0.4) is 0 Å². The quantitative estimate of drug-likeness (QED) is 0.436. The zero-order chi connectivity index (χ0) is 0. The zero-order valence-corrected chi connectivity index (χ0v) is 14.5. The number of hydrogen-bond acceptors (Lipinski definition) is 0. The minimum atomic E-state index is 0. The molecule has 0 fully saturated rings. The first-order chi connectivity index (χ1) is 0. The average molecular weight is 342 g/mol. The molecule has 0 bridgehead atoms. The standard InChI is InChI=1S/Al.Mg.Mn.Sc.Sn.Zn.7H/q;+2;;;;;;;;;;2*-1. The Morgan fingerprint density at radius 3 is 1.17 bits per heavy atom. The molecule has 0 saturated heterocycles. The molecule has 0 aromatic heterocycles. The third kappa shape index (κ3) is 24.3. The van der Waals surface area contributed by atoms with Crippen molar-refractivity contribution in [1.82, 2.24) is 0 Å². The Hall–Kier alpha value is 4.11. The molecular weight excluding hydrogens is 335 g/mol. The molecule has 0 N–H and O–H groups in total. The van der Waals surface area contributed by atoms with Crippen LogP contribution in [0, 0.1) is 0 Å². The van der Waals surface area contributed by atoms with Gasteiger partial charge in [-0.3, -0.25) is 0 Å². The molecule has 0 unspecified atom stereocenters. The second-order valence-electron chi connectivity index (χ2n) is 0. The van der Waals surface area contributed by atoms with Crippen LogP contribution < -0.4 is 0 Å². The smallest absolute Gasteiger partial charge is 0 e. The Labute approximate surface area is 127 Å². The monoisotopic (exact) mass is 342 g/mol. The van der Waals surface area contributed by atoms with Gasteiger partial charge in [0.2, 0.25) is 0 Å². The van der Waals surface area contributed by atoms with Crippen LogP contribution in [-0.2, 0) is 62.4 Å². The van der Waals surface area contributed by atoms with Crippen molar-refractivity contribution in [2.75, 3.05) is 0 Å². The van der Waals surface area contributed by atoms with Crippen LogP contribution in [0.15, 0.2) is 0 Å². The SMILES string of the molecule is [AlH3].[H-].[H-].[Mg+2].[Mn].[Sc].[SnH2].[Zn]. The van der Waals surface area contributed by atoms with E-state index in [1.807, 2.05) is 0 Å². The molecule has 0 rings (SSSR count). The molecule has 0 heterocycles. The van der Waals surface area contributed by atoms with Gasteiger partial charge in [-0.25, -0.2) is 0 Å². The van der Waals surface area contributed by atoms with E-state index in [-0.39, 0.29) is 130 Å². The molecule has 0 aliphatic carbocycles. The van der Waals surface area contributed by atoms with Crippen molar-refractivity contribution >= 4 is 64.3 Å². The van der Waals surface area contributed by atoms with E-state index in [1.165, 1.54) is 0 Å². The van der Waals surface area contributed by atoms with Crippen molar-refractivity contribution < 1.29 is 65.2 Å². The summed E-state index contributed by atoms with van der Waals surface area (Å²) in [6, 6.07) is 0. The molecule has 0 atom stereocenters. The molecule has 0 aromatic carbocycles. The van der Waals surface area contributed by atoms with E-state index in [2.05, 4.69) is 0 Å². The van der Waals surface area contributed by atoms with Crippen molar-refractivity contribution in [2.45, 2.75) is 0 Å². The second-order valence-corrected chi connectivity index (χ2v) is 0. The second kappa shape index (κ2) is 35.5. The minimum Gasteiger partial charge on any atom is 0 e. The first kappa shape index (κ1) is 49.7. The Bertz CT molecular complexity index is 22.0. The molecule has 0 aromatic rings. The summed E-state index contributed by atoms with van der Waals surface area (Å²) in [5.41, 5.74) is 0. The molecule has 0 aliphatic rings. The van der Waals surface area contributed by atoms with E-state index >= 15 is 0 Å². The number of rotatable bonds is 0. The van der Waals surface area contributed by atoms with Gasteiger partial charge in [-0.15, -0.1) is 0 Å². The summed E-state index contributed by atoms with van der Waals surface area (Å²) >= 11 is 0. The van der Waals surface area contributed by atoms with Crippen LogP contribution >= 0.6 is 0 Å². The van der Waals surface area contributed by atoms with Crippen molar-refractivity contribution in [2.24, 2.45) is 0 Å². The van der Waals surface area contributed by atoms with E-state index in [0.29, 0.717) is 0 Å². The van der Waals surface area contributed by atoms with Gasteiger partial charge >= 0.3 is 47.0 Å². The summed E-state index contributed by atoms with van der Waals surface area (Å²) in [7, 11) is 0. The fourth-order valence-electron chi connectivity index (χ4n) is 0. The van der Waals surface area contributed by atoms with Crippen molar-refractivity contribution in [1.29, 1.82) is 0 Å². The molecule has 0 spiro atoms. The maximum absolute atomic E-state index is 0. The van der Waals surface area contributed by atoms with E-state index in [1.54, 1.807) is 0 Å². The normalized spacial score (nSPS) is 0. The number of hydrogen-bond donors (Lipinski definition) is 0. The molecule has 0 saturated carbocycles. The summed E-state index contributed by atoms with van der Waals surface area (Å²) in [6.45, 7) is 0. The molecule has 6 heteroatoms. The van der Waals surface area contributed by atoms with Crippen molar-refractivity contribution in [3.8, 4) is 0 Å². The van der Waals surface area contributed by atoms with Gasteiger partial charge in [0.05, 0.1) is 0 Å². The van der Waals surface area contributed by atoms with Gasteiger partial charge in [-0.2, -0.15) is 0 Å². The Kier molecular flexibility index (Phi) is 294. The summed E-state index contributed by atoms with van der Waals surface area (Å²) in [4.78, 5) is 0. The third-order valence-corrected chi connectivity index (χ3v) is 0. The summed E-state index contributed by atoms with van der Waals surface area (Å²) < 4.78 is 0. The topological polar surface area (TPSA) is 0 Å². The minimum absolute atomic E-state index is 0. The maximum Gasteiger partial charge on any atom is 0 e. The van der Waals surface area contributed by atoms with Gasteiger partial charge in [0, 0.05) is 62.4 Å². The first-order valence-corrected chi connectivity index (χ1v) is 0. The van der Waals surface area contributed by atoms with Crippen LogP contribution in [0.1, 0.15) is 2.85 Å². The fraction of sp³-hybridized carbons (Fsp3) is 0. The fourth-order valence-corrected chi connectivity index (χ4v) is 0. The van der Waals surface area contributed by atoms with Gasteiger partial charge in [0.25, 0.3) is 0 Å². The summed E-state index contributed by atoms with van der Waals surface area (Å²) in [5, 5.41) is 0. The molecule has 28 valence electrons. The van der Waals surface area contributed by atoms with Crippen LogP contribution in [0.5, 0.6) is 0 Å². The molecule has 0 aliphatic heterocycles. The molecule has 4 radical (unpaired) electrons. The van der Waals surface area contributed by atoms with Gasteiger partial charge in [-0.05, 0) is 0 Å². The predicted molar refractivity (Wildman–Crippen MR) is 26.5 cm³/mol. The Balaban J connectivity index is 0. The maximum atomic E-state index is 0. The third-order valence-electron chi connectivity index (χ3n) is 0. The van der Waals surface area contributed by atoms with Gasteiger partial charge in [-0.1, -0.05) is 0 Å². The molecule has 0 nitrogen and oxygen atoms in total. The molecular formula is H7AlMgMnScSnZn. The van der Waals surface area contributed by atoms with E-state index in [9.17, 15) is 0 Å². The van der Waals surface area contributed by atoms with E-state index in [4.69, 9.17) is 0 Å². The van der Waals surface area contributed by atoms with Crippen LogP contribution in [0.25, 0.3) is 0 Å². The van der Waals surface area contributed by atoms with Crippen LogP contribution in [0.2, 0.25) is 0 Å².